The van der Waals surface area contributed by atoms with E-state index >= 15 is 0 Å². The van der Waals surface area contributed by atoms with Crippen LogP contribution in [0.3, 0.4) is 0 Å². The normalized spacial score (nSPS) is 26.4. The van der Waals surface area contributed by atoms with Crippen LogP contribution in [0.1, 0.15) is 36.8 Å². The third-order valence-electron chi connectivity index (χ3n) is 5.15. The van der Waals surface area contributed by atoms with E-state index in [1.165, 1.54) is 30.6 Å². The molecule has 0 aromatic carbocycles. The molecule has 3 atom stereocenters. The molecule has 2 bridgehead atoms. The van der Waals surface area contributed by atoms with Crippen molar-refractivity contribution in [1.29, 1.82) is 0 Å². The fourth-order valence-corrected chi connectivity index (χ4v) is 5.06. The molecular weight excluding hydrogens is 310 g/mol. The Labute approximate surface area is 136 Å². The molecule has 1 saturated carbocycles. The van der Waals surface area contributed by atoms with E-state index in [0.717, 1.165) is 27.5 Å². The van der Waals surface area contributed by atoms with Crippen molar-refractivity contribution in [1.82, 2.24) is 25.5 Å². The van der Waals surface area contributed by atoms with E-state index in [1.54, 1.807) is 6.20 Å². The van der Waals surface area contributed by atoms with Crippen molar-refractivity contribution in [2.24, 2.45) is 5.92 Å². The highest BCUT2D eigenvalue weighted by molar-refractivity contribution is 7.22. The largest absolute Gasteiger partial charge is 0.308 e. The predicted octanol–water partition coefficient (Wildman–Crippen LogP) is 2.50. The Morgan fingerprint density at radius 1 is 1.35 bits per heavy atom. The molecule has 2 fully saturated rings. The third kappa shape index (κ3) is 2.00. The summed E-state index contributed by atoms with van der Waals surface area (Å²) in [4.78, 5) is 21.3. The Bertz CT molecular complexity index is 955. The molecule has 7 heteroatoms. The van der Waals surface area contributed by atoms with Gasteiger partial charge in [0.15, 0.2) is 0 Å². The zero-order chi connectivity index (χ0) is 15.6. The Morgan fingerprint density at radius 3 is 2.96 bits per heavy atom. The molecule has 3 aromatic rings. The van der Waals surface area contributed by atoms with Crippen LogP contribution < -0.4 is 10.9 Å². The summed E-state index contributed by atoms with van der Waals surface area (Å²) < 4.78 is 0.688. The van der Waals surface area contributed by atoms with Crippen LogP contribution in [-0.2, 0) is 0 Å². The van der Waals surface area contributed by atoms with Gasteiger partial charge < -0.3 is 10.3 Å². The molecule has 1 aliphatic heterocycles. The summed E-state index contributed by atoms with van der Waals surface area (Å²) >= 11 is 1.48. The number of piperidine rings is 1. The van der Waals surface area contributed by atoms with Crippen molar-refractivity contribution in [3.63, 3.8) is 0 Å². The summed E-state index contributed by atoms with van der Waals surface area (Å²) in [5.41, 5.74) is 2.79. The molecule has 0 radical (unpaired) electrons. The topological polar surface area (TPSA) is 86.5 Å². The Hall–Kier alpha value is -1.99. The maximum absolute atomic E-state index is 12.5. The van der Waals surface area contributed by atoms with Gasteiger partial charge in [0, 0.05) is 22.2 Å². The molecule has 6 nitrogen and oxygen atoms in total. The van der Waals surface area contributed by atoms with Crippen molar-refractivity contribution in [3.8, 4) is 10.4 Å². The Morgan fingerprint density at radius 2 is 2.26 bits per heavy atom. The van der Waals surface area contributed by atoms with Gasteiger partial charge in [-0.1, -0.05) is 0 Å². The zero-order valence-electron chi connectivity index (χ0n) is 12.7. The van der Waals surface area contributed by atoms with Crippen LogP contribution in [0.15, 0.2) is 17.1 Å². The molecule has 5 rings (SSSR count). The third-order valence-corrected chi connectivity index (χ3v) is 6.31. The number of nitrogens with one attached hydrogen (secondary N) is 3. The first-order valence-corrected chi connectivity index (χ1v) is 8.81. The monoisotopic (exact) mass is 327 g/mol. The molecule has 23 heavy (non-hydrogen) atoms. The summed E-state index contributed by atoms with van der Waals surface area (Å²) in [6.45, 7) is 1.98. The first kappa shape index (κ1) is 13.4. The van der Waals surface area contributed by atoms with Gasteiger partial charge in [-0.2, -0.15) is 5.10 Å². The predicted molar refractivity (Wildman–Crippen MR) is 89.6 cm³/mol. The summed E-state index contributed by atoms with van der Waals surface area (Å²) in [6, 6.07) is 2.80. The first-order chi connectivity index (χ1) is 11.2. The number of fused-ring (bicyclic) bond motifs is 3. The van der Waals surface area contributed by atoms with E-state index in [9.17, 15) is 4.79 Å². The van der Waals surface area contributed by atoms with Gasteiger partial charge in [-0.25, -0.2) is 4.98 Å². The van der Waals surface area contributed by atoms with Gasteiger partial charge in [-0.05, 0) is 38.2 Å². The number of aromatic amines is 2. The van der Waals surface area contributed by atoms with E-state index in [-0.39, 0.29) is 11.6 Å². The molecule has 3 N–H and O–H groups in total. The number of thiophene rings is 1. The van der Waals surface area contributed by atoms with Crippen LogP contribution in [0.2, 0.25) is 0 Å². The lowest BCUT2D eigenvalue weighted by molar-refractivity contribution is 0.377. The molecule has 0 amide bonds. The van der Waals surface area contributed by atoms with Gasteiger partial charge in [0.05, 0.1) is 17.8 Å². The molecule has 118 valence electrons. The smallest absolute Gasteiger partial charge is 0.268 e. The lowest BCUT2D eigenvalue weighted by Crippen LogP contribution is -2.31. The second kappa shape index (κ2) is 4.75. The molecule has 0 spiro atoms. The van der Waals surface area contributed by atoms with Crippen molar-refractivity contribution < 1.29 is 0 Å². The van der Waals surface area contributed by atoms with E-state index in [4.69, 9.17) is 4.98 Å². The lowest BCUT2D eigenvalue weighted by atomic mass is 9.99. The molecule has 2 aliphatic rings. The second-order valence-corrected chi connectivity index (χ2v) is 7.65. The highest BCUT2D eigenvalue weighted by Gasteiger charge is 2.41. The van der Waals surface area contributed by atoms with Crippen molar-refractivity contribution >= 4 is 21.6 Å². The molecule has 1 aliphatic carbocycles. The number of nitrogens with zero attached hydrogens (tertiary/aromatic N) is 2. The van der Waals surface area contributed by atoms with Crippen LogP contribution >= 0.6 is 11.3 Å². The summed E-state index contributed by atoms with van der Waals surface area (Å²) in [5.74, 6) is 1.40. The average Bonchev–Trinajstić information content (AvgIpc) is 3.29. The van der Waals surface area contributed by atoms with Gasteiger partial charge in [-0.15, -0.1) is 11.3 Å². The highest BCUT2D eigenvalue weighted by Crippen LogP contribution is 2.42. The minimum atomic E-state index is -0.0352. The van der Waals surface area contributed by atoms with Gasteiger partial charge in [0.1, 0.15) is 10.5 Å². The quantitative estimate of drug-likeness (QED) is 0.675. The van der Waals surface area contributed by atoms with Crippen LogP contribution in [0.5, 0.6) is 0 Å². The molecule has 0 unspecified atom stereocenters. The molecule has 4 heterocycles. The fourth-order valence-electron chi connectivity index (χ4n) is 4.00. The van der Waals surface area contributed by atoms with Crippen molar-refractivity contribution in [3.05, 3.63) is 34.1 Å². The maximum Gasteiger partial charge on any atom is 0.268 e. The van der Waals surface area contributed by atoms with E-state index in [1.807, 2.05) is 13.0 Å². The second-order valence-electron chi connectivity index (χ2n) is 6.60. The summed E-state index contributed by atoms with van der Waals surface area (Å²) in [7, 11) is 0. The molecular formula is C16H17N5OS. The van der Waals surface area contributed by atoms with Crippen LogP contribution in [0.25, 0.3) is 20.7 Å². The Kier molecular flexibility index (Phi) is 2.78. The molecule has 1 saturated heterocycles. The number of H-pyrrole nitrogens is 2. The first-order valence-electron chi connectivity index (χ1n) is 7.99. The van der Waals surface area contributed by atoms with Gasteiger partial charge in [0.25, 0.3) is 5.56 Å². The minimum absolute atomic E-state index is 0.0352. The summed E-state index contributed by atoms with van der Waals surface area (Å²) in [6.07, 6.45) is 5.48. The number of aromatic nitrogens is 4. The SMILES string of the molecule is Cc1[nH]ncc1-c1cc2nc([C@H]3N[C@@H]4CC[C@H]3C4)[nH]c(=O)c2s1. The maximum atomic E-state index is 12.5. The van der Waals surface area contributed by atoms with Crippen LogP contribution in [-0.4, -0.2) is 26.2 Å². The minimum Gasteiger partial charge on any atom is -0.308 e. The fraction of sp³-hybridized carbons (Fsp3) is 0.438. The Balaban J connectivity index is 1.62. The molecule has 3 aromatic heterocycles. The van der Waals surface area contributed by atoms with E-state index < -0.39 is 0 Å². The number of rotatable bonds is 2. The summed E-state index contributed by atoms with van der Waals surface area (Å²) in [5, 5.41) is 10.6. The van der Waals surface area contributed by atoms with E-state index in [2.05, 4.69) is 20.5 Å². The van der Waals surface area contributed by atoms with Crippen molar-refractivity contribution in [2.75, 3.05) is 0 Å². The van der Waals surface area contributed by atoms with Gasteiger partial charge >= 0.3 is 0 Å². The number of hydrogen-bond donors (Lipinski definition) is 3. The van der Waals surface area contributed by atoms with Gasteiger partial charge in [-0.3, -0.25) is 9.89 Å². The number of aryl methyl sites for hydroxylation is 1. The van der Waals surface area contributed by atoms with Crippen LogP contribution in [0, 0.1) is 12.8 Å². The lowest BCUT2D eigenvalue weighted by Gasteiger charge is -2.21. The van der Waals surface area contributed by atoms with E-state index in [0.29, 0.717) is 16.7 Å². The number of hydrogen-bond acceptors (Lipinski definition) is 5. The standard InChI is InChI=1S/C16H17N5OS/c1-7-10(6-17-21-7)12-5-11-14(23-12)16(22)20-15(19-11)13-8-2-3-9(4-8)18-13/h5-6,8-9,13,18H,2-4H2,1H3,(H,17,21)(H,19,20,22)/t8-,9+,13-/m0/s1. The van der Waals surface area contributed by atoms with Gasteiger partial charge in [0.2, 0.25) is 0 Å². The zero-order valence-corrected chi connectivity index (χ0v) is 13.5. The van der Waals surface area contributed by atoms with Crippen LogP contribution in [0.4, 0.5) is 0 Å². The van der Waals surface area contributed by atoms with Crippen molar-refractivity contribution in [2.45, 2.75) is 38.3 Å². The average molecular weight is 327 g/mol. The highest BCUT2D eigenvalue weighted by atomic mass is 32.1.